The van der Waals surface area contributed by atoms with Gasteiger partial charge >= 0.3 is 0 Å². The van der Waals surface area contributed by atoms with Crippen molar-refractivity contribution in [1.29, 1.82) is 0 Å². The molecule has 0 fully saturated rings. The summed E-state index contributed by atoms with van der Waals surface area (Å²) in [5.41, 5.74) is 1.24. The summed E-state index contributed by atoms with van der Waals surface area (Å²) in [5.74, 6) is 1.47. The highest BCUT2D eigenvalue weighted by Gasteiger charge is 2.42. The van der Waals surface area contributed by atoms with Gasteiger partial charge in [-0.2, -0.15) is 0 Å². The van der Waals surface area contributed by atoms with Crippen molar-refractivity contribution in [1.82, 2.24) is 0 Å². The highest BCUT2D eigenvalue weighted by molar-refractivity contribution is 14.1. The molecule has 1 aromatic carbocycles. The highest BCUT2D eigenvalue weighted by atomic mass is 127. The topological polar surface area (TPSA) is 18.5 Å². The van der Waals surface area contributed by atoms with Gasteiger partial charge in [-0.15, -0.1) is 0 Å². The van der Waals surface area contributed by atoms with Crippen LogP contribution in [0, 0.1) is 5.92 Å². The van der Waals surface area contributed by atoms with Crippen LogP contribution in [0.15, 0.2) is 24.3 Å². The molecule has 0 spiro atoms. The third kappa shape index (κ3) is 3.82. The zero-order chi connectivity index (χ0) is 15.7. The lowest BCUT2D eigenvalue weighted by Gasteiger charge is -2.43. The van der Waals surface area contributed by atoms with Crippen LogP contribution in [0.25, 0.3) is 0 Å². The molecule has 1 heterocycles. The van der Waals surface area contributed by atoms with Crippen molar-refractivity contribution in [3.05, 3.63) is 29.8 Å². The van der Waals surface area contributed by atoms with Crippen LogP contribution in [0.5, 0.6) is 5.75 Å². The van der Waals surface area contributed by atoms with Crippen LogP contribution in [0.2, 0.25) is 18.1 Å². The smallest absolute Gasteiger partial charge is 0.192 e. The maximum atomic E-state index is 6.79. The molecule has 0 saturated heterocycles. The second-order valence-corrected chi connectivity index (χ2v) is 13.2. The second-order valence-electron chi connectivity index (χ2n) is 7.39. The van der Waals surface area contributed by atoms with Crippen molar-refractivity contribution in [2.75, 3.05) is 11.0 Å². The van der Waals surface area contributed by atoms with E-state index in [1.165, 1.54) is 5.56 Å². The summed E-state index contributed by atoms with van der Waals surface area (Å²) in [7, 11) is -1.79. The Labute approximate surface area is 143 Å². The van der Waals surface area contributed by atoms with Gasteiger partial charge in [-0.25, -0.2) is 0 Å². The largest absolute Gasteiger partial charge is 0.493 e. The Hall–Kier alpha value is -0.0731. The lowest BCUT2D eigenvalue weighted by molar-refractivity contribution is 0.0579. The summed E-state index contributed by atoms with van der Waals surface area (Å²) in [6, 6.07) is 8.38. The second kappa shape index (κ2) is 6.58. The van der Waals surface area contributed by atoms with Gasteiger partial charge in [0.2, 0.25) is 0 Å². The minimum absolute atomic E-state index is 0.186. The molecule has 0 aromatic heterocycles. The average molecular weight is 418 g/mol. The van der Waals surface area contributed by atoms with E-state index in [4.69, 9.17) is 9.16 Å². The van der Waals surface area contributed by atoms with Crippen LogP contribution in [0.3, 0.4) is 0 Å². The Morgan fingerprint density at radius 3 is 2.57 bits per heavy atom. The first-order valence-electron chi connectivity index (χ1n) is 7.72. The molecule has 0 saturated carbocycles. The quantitative estimate of drug-likeness (QED) is 0.361. The van der Waals surface area contributed by atoms with Crippen LogP contribution < -0.4 is 4.74 Å². The molecule has 118 valence electrons. The molecule has 4 heteroatoms. The monoisotopic (exact) mass is 418 g/mol. The number of hydrogen-bond donors (Lipinski definition) is 0. The summed E-state index contributed by atoms with van der Waals surface area (Å²) in [4.78, 5) is 0. The molecular weight excluding hydrogens is 391 g/mol. The average Bonchev–Trinajstić information content (AvgIpc) is 2.40. The van der Waals surface area contributed by atoms with Crippen molar-refractivity contribution in [2.45, 2.75) is 51.4 Å². The number of alkyl halides is 1. The minimum atomic E-state index is -1.79. The third-order valence-electron chi connectivity index (χ3n) is 4.81. The van der Waals surface area contributed by atoms with Gasteiger partial charge in [0.05, 0.1) is 12.7 Å². The fraction of sp³-hybridized carbons (Fsp3) is 0.647. The summed E-state index contributed by atoms with van der Waals surface area (Å²) in [6.07, 6.45) is 1.33. The van der Waals surface area contributed by atoms with Gasteiger partial charge < -0.3 is 9.16 Å². The first-order valence-corrected chi connectivity index (χ1v) is 12.1. The molecule has 2 nitrogen and oxygen atoms in total. The van der Waals surface area contributed by atoms with Crippen molar-refractivity contribution < 1.29 is 9.16 Å². The fourth-order valence-corrected chi connectivity index (χ4v) is 4.52. The van der Waals surface area contributed by atoms with Crippen LogP contribution in [0.1, 0.15) is 38.9 Å². The Morgan fingerprint density at radius 2 is 1.95 bits per heavy atom. The van der Waals surface area contributed by atoms with Crippen LogP contribution in [0.4, 0.5) is 0 Å². The number of ether oxygens (including phenoxy) is 1. The van der Waals surface area contributed by atoms with E-state index in [0.717, 1.165) is 23.2 Å². The first kappa shape index (κ1) is 17.3. The van der Waals surface area contributed by atoms with Crippen LogP contribution in [-0.4, -0.2) is 19.4 Å². The predicted molar refractivity (Wildman–Crippen MR) is 100.0 cm³/mol. The molecule has 21 heavy (non-hydrogen) atoms. The van der Waals surface area contributed by atoms with Crippen molar-refractivity contribution in [2.24, 2.45) is 5.92 Å². The van der Waals surface area contributed by atoms with E-state index in [0.29, 0.717) is 5.92 Å². The maximum absolute atomic E-state index is 6.79. The van der Waals surface area contributed by atoms with Crippen molar-refractivity contribution >= 4 is 30.9 Å². The van der Waals surface area contributed by atoms with E-state index >= 15 is 0 Å². The Balaban J connectivity index is 2.32. The Kier molecular flexibility index (Phi) is 5.42. The minimum Gasteiger partial charge on any atom is -0.493 e. The predicted octanol–water partition coefficient (Wildman–Crippen LogP) is 5.58. The molecule has 0 amide bonds. The van der Waals surface area contributed by atoms with Crippen LogP contribution in [-0.2, 0) is 4.43 Å². The normalized spacial score (nSPS) is 22.6. The molecule has 2 unspecified atom stereocenters. The first-order chi connectivity index (χ1) is 9.76. The summed E-state index contributed by atoms with van der Waals surface area (Å²) in [5, 5.41) is 0.231. The number of para-hydroxylation sites is 1. The zero-order valence-electron chi connectivity index (χ0n) is 13.8. The van der Waals surface area contributed by atoms with E-state index in [1.807, 2.05) is 6.07 Å². The standard InChI is InChI=1S/C17H27IO2Si/c1-17(2,3)21(4,5)20-16-13(10-11-18)12-19-15-9-7-6-8-14(15)16/h6-9,13,16H,10-12H2,1-5H3. The number of fused-ring (bicyclic) bond motifs is 1. The summed E-state index contributed by atoms with van der Waals surface area (Å²) in [6.45, 7) is 12.4. The van der Waals surface area contributed by atoms with Gasteiger partial charge in [0, 0.05) is 15.9 Å². The molecule has 0 N–H and O–H groups in total. The summed E-state index contributed by atoms with van der Waals surface area (Å²) >= 11 is 2.45. The third-order valence-corrected chi connectivity index (χ3v) is 9.89. The molecule has 0 radical (unpaired) electrons. The van der Waals surface area contributed by atoms with Crippen LogP contribution >= 0.6 is 22.6 Å². The van der Waals surface area contributed by atoms with E-state index in [-0.39, 0.29) is 11.1 Å². The van der Waals surface area contributed by atoms with Gasteiger partial charge in [0.15, 0.2) is 8.32 Å². The van der Waals surface area contributed by atoms with E-state index < -0.39 is 8.32 Å². The number of rotatable bonds is 4. The highest BCUT2D eigenvalue weighted by Crippen LogP contribution is 2.45. The Morgan fingerprint density at radius 1 is 1.29 bits per heavy atom. The molecule has 2 atom stereocenters. The SMILES string of the molecule is CC(C)(C)[Si](C)(C)OC1c2ccccc2OCC1CCI. The van der Waals surface area contributed by atoms with Crippen molar-refractivity contribution in [3.8, 4) is 5.75 Å². The molecule has 2 rings (SSSR count). The van der Waals surface area contributed by atoms with E-state index in [9.17, 15) is 0 Å². The Bertz CT molecular complexity index is 482. The molecule has 0 aliphatic carbocycles. The number of hydrogen-bond acceptors (Lipinski definition) is 2. The molecule has 1 aromatic rings. The van der Waals surface area contributed by atoms with Gasteiger partial charge in [-0.3, -0.25) is 0 Å². The number of benzene rings is 1. The van der Waals surface area contributed by atoms with Gasteiger partial charge in [-0.1, -0.05) is 61.6 Å². The van der Waals surface area contributed by atoms with Gasteiger partial charge in [0.25, 0.3) is 0 Å². The molecule has 1 aliphatic rings. The lowest BCUT2D eigenvalue weighted by atomic mass is 9.91. The molecule has 1 aliphatic heterocycles. The lowest BCUT2D eigenvalue weighted by Crippen LogP contribution is -2.44. The number of halogens is 1. The van der Waals surface area contributed by atoms with Crippen molar-refractivity contribution in [3.63, 3.8) is 0 Å². The maximum Gasteiger partial charge on any atom is 0.192 e. The summed E-state index contributed by atoms with van der Waals surface area (Å²) < 4.78 is 13.9. The molecular formula is C17H27IO2Si. The van der Waals surface area contributed by atoms with Gasteiger partial charge in [-0.05, 0) is 30.6 Å². The molecule has 0 bridgehead atoms. The van der Waals surface area contributed by atoms with Gasteiger partial charge in [0.1, 0.15) is 5.75 Å². The fourth-order valence-electron chi connectivity index (χ4n) is 2.41. The van der Waals surface area contributed by atoms with E-state index in [2.05, 4.69) is 74.7 Å². The zero-order valence-corrected chi connectivity index (χ0v) is 16.9. The van der Waals surface area contributed by atoms with E-state index in [1.54, 1.807) is 0 Å².